The molecule has 3 aromatic rings. The van der Waals surface area contributed by atoms with Gasteiger partial charge in [-0.15, -0.1) is 0 Å². The first-order valence-corrected chi connectivity index (χ1v) is 11.0. The summed E-state index contributed by atoms with van der Waals surface area (Å²) in [7, 11) is 0. The van der Waals surface area contributed by atoms with Gasteiger partial charge < -0.3 is 19.7 Å². The van der Waals surface area contributed by atoms with Gasteiger partial charge in [0.1, 0.15) is 0 Å². The highest BCUT2D eigenvalue weighted by molar-refractivity contribution is 5.94. The zero-order valence-electron chi connectivity index (χ0n) is 18.0. The SMILES string of the molecule is O=C(NCc1ccccc1CN1CCN(c2ccccc2)CC1)c1ccc2c(c1)OCO2. The lowest BCUT2D eigenvalue weighted by atomic mass is 10.1. The third kappa shape index (κ3) is 4.55. The van der Waals surface area contributed by atoms with Crippen LogP contribution in [0.15, 0.2) is 72.8 Å². The lowest BCUT2D eigenvalue weighted by Crippen LogP contribution is -2.46. The molecule has 1 saturated heterocycles. The number of hydrogen-bond acceptors (Lipinski definition) is 5. The van der Waals surface area contributed by atoms with E-state index in [-0.39, 0.29) is 12.7 Å². The van der Waals surface area contributed by atoms with Gasteiger partial charge in [0.2, 0.25) is 6.79 Å². The molecule has 0 saturated carbocycles. The van der Waals surface area contributed by atoms with Gasteiger partial charge in [0.25, 0.3) is 5.91 Å². The smallest absolute Gasteiger partial charge is 0.251 e. The third-order valence-corrected chi connectivity index (χ3v) is 6.08. The van der Waals surface area contributed by atoms with Crippen LogP contribution in [0.5, 0.6) is 11.5 Å². The van der Waals surface area contributed by atoms with Crippen LogP contribution in [-0.2, 0) is 13.1 Å². The van der Waals surface area contributed by atoms with Crippen LogP contribution < -0.4 is 19.7 Å². The molecular formula is C26H27N3O3. The van der Waals surface area contributed by atoms with Crippen LogP contribution in [0.25, 0.3) is 0 Å². The van der Waals surface area contributed by atoms with Crippen LogP contribution >= 0.6 is 0 Å². The van der Waals surface area contributed by atoms with E-state index in [4.69, 9.17) is 9.47 Å². The predicted molar refractivity (Wildman–Crippen MR) is 124 cm³/mol. The van der Waals surface area contributed by atoms with Crippen molar-refractivity contribution >= 4 is 11.6 Å². The number of carbonyl (C=O) groups excluding carboxylic acids is 1. The van der Waals surface area contributed by atoms with E-state index in [1.165, 1.54) is 11.3 Å². The molecule has 0 aromatic heterocycles. The molecule has 0 spiro atoms. The molecule has 0 atom stereocenters. The zero-order chi connectivity index (χ0) is 21.8. The molecule has 1 N–H and O–H groups in total. The number of piperazine rings is 1. The van der Waals surface area contributed by atoms with Crippen LogP contribution in [0.2, 0.25) is 0 Å². The molecule has 3 aromatic carbocycles. The van der Waals surface area contributed by atoms with E-state index in [2.05, 4.69) is 63.6 Å². The molecule has 164 valence electrons. The molecule has 2 heterocycles. The van der Waals surface area contributed by atoms with Crippen LogP contribution in [0.1, 0.15) is 21.5 Å². The maximum Gasteiger partial charge on any atom is 0.251 e. The molecule has 0 bridgehead atoms. The number of nitrogens with one attached hydrogen (secondary N) is 1. The fourth-order valence-electron chi connectivity index (χ4n) is 4.24. The van der Waals surface area contributed by atoms with Crippen molar-refractivity contribution in [3.8, 4) is 11.5 Å². The number of amides is 1. The Kier molecular flexibility index (Phi) is 5.94. The van der Waals surface area contributed by atoms with Crippen LogP contribution in [0, 0.1) is 0 Å². The van der Waals surface area contributed by atoms with Crippen molar-refractivity contribution < 1.29 is 14.3 Å². The van der Waals surface area contributed by atoms with E-state index in [1.54, 1.807) is 18.2 Å². The normalized spacial score (nSPS) is 15.6. The monoisotopic (exact) mass is 429 g/mol. The van der Waals surface area contributed by atoms with Crippen molar-refractivity contribution in [2.75, 3.05) is 37.9 Å². The van der Waals surface area contributed by atoms with Gasteiger partial charge in [-0.1, -0.05) is 42.5 Å². The molecule has 2 aliphatic heterocycles. The lowest BCUT2D eigenvalue weighted by molar-refractivity contribution is 0.0950. The highest BCUT2D eigenvalue weighted by Crippen LogP contribution is 2.32. The van der Waals surface area contributed by atoms with E-state index in [9.17, 15) is 4.79 Å². The second-order valence-electron chi connectivity index (χ2n) is 8.12. The van der Waals surface area contributed by atoms with Crippen LogP contribution in [-0.4, -0.2) is 43.8 Å². The van der Waals surface area contributed by atoms with Crippen molar-refractivity contribution in [3.05, 3.63) is 89.5 Å². The van der Waals surface area contributed by atoms with Gasteiger partial charge in [-0.05, 0) is 41.5 Å². The number of rotatable bonds is 6. The second kappa shape index (κ2) is 9.32. The summed E-state index contributed by atoms with van der Waals surface area (Å²) in [5, 5.41) is 3.05. The molecule has 6 heteroatoms. The molecule has 0 aliphatic carbocycles. The summed E-state index contributed by atoms with van der Waals surface area (Å²) in [4.78, 5) is 17.6. The minimum Gasteiger partial charge on any atom is -0.454 e. The van der Waals surface area contributed by atoms with E-state index >= 15 is 0 Å². The van der Waals surface area contributed by atoms with Crippen molar-refractivity contribution in [3.63, 3.8) is 0 Å². The molecule has 32 heavy (non-hydrogen) atoms. The van der Waals surface area contributed by atoms with Crippen LogP contribution in [0.3, 0.4) is 0 Å². The maximum atomic E-state index is 12.7. The van der Waals surface area contributed by atoms with Gasteiger partial charge in [0.15, 0.2) is 11.5 Å². The minimum atomic E-state index is -0.116. The maximum absolute atomic E-state index is 12.7. The van der Waals surface area contributed by atoms with Gasteiger partial charge in [0.05, 0.1) is 0 Å². The van der Waals surface area contributed by atoms with Gasteiger partial charge >= 0.3 is 0 Å². The predicted octanol–water partition coefficient (Wildman–Crippen LogP) is 3.67. The Labute approximate surface area is 188 Å². The number of nitrogens with zero attached hydrogens (tertiary/aromatic N) is 2. The molecular weight excluding hydrogens is 402 g/mol. The molecule has 5 rings (SSSR count). The van der Waals surface area contributed by atoms with Crippen molar-refractivity contribution in [1.29, 1.82) is 0 Å². The van der Waals surface area contributed by atoms with E-state index in [0.717, 1.165) is 38.3 Å². The summed E-state index contributed by atoms with van der Waals surface area (Å²) in [5.74, 6) is 1.18. The molecule has 0 radical (unpaired) electrons. The van der Waals surface area contributed by atoms with E-state index in [0.29, 0.717) is 23.6 Å². The molecule has 1 fully saturated rings. The van der Waals surface area contributed by atoms with E-state index < -0.39 is 0 Å². The number of benzene rings is 3. The van der Waals surface area contributed by atoms with Crippen molar-refractivity contribution in [2.24, 2.45) is 0 Å². The summed E-state index contributed by atoms with van der Waals surface area (Å²) in [6.07, 6.45) is 0. The number of para-hydroxylation sites is 1. The Balaban J connectivity index is 1.18. The average molecular weight is 430 g/mol. The summed E-state index contributed by atoms with van der Waals surface area (Å²) in [6.45, 7) is 5.67. The molecule has 6 nitrogen and oxygen atoms in total. The Morgan fingerprint density at radius 1 is 0.812 bits per heavy atom. The summed E-state index contributed by atoms with van der Waals surface area (Å²) < 4.78 is 10.7. The number of anilines is 1. The van der Waals surface area contributed by atoms with E-state index in [1.807, 2.05) is 6.07 Å². The Bertz CT molecular complexity index is 1080. The fraction of sp³-hybridized carbons (Fsp3) is 0.269. The topological polar surface area (TPSA) is 54.0 Å². The van der Waals surface area contributed by atoms with Gasteiger partial charge in [0, 0.05) is 50.5 Å². The first kappa shape index (κ1) is 20.4. The number of ether oxygens (including phenoxy) is 2. The standard InChI is InChI=1S/C26H27N3O3/c30-26(20-10-11-24-25(16-20)32-19-31-24)27-17-21-6-4-5-7-22(21)18-28-12-14-29(15-13-28)23-8-2-1-3-9-23/h1-11,16H,12-15,17-19H2,(H,27,30). The average Bonchev–Trinajstić information content (AvgIpc) is 3.32. The Hall–Kier alpha value is -3.51. The molecule has 0 unspecified atom stereocenters. The Morgan fingerprint density at radius 3 is 2.34 bits per heavy atom. The zero-order valence-corrected chi connectivity index (χ0v) is 18.0. The highest BCUT2D eigenvalue weighted by atomic mass is 16.7. The summed E-state index contributed by atoms with van der Waals surface area (Å²) in [5.41, 5.74) is 4.27. The largest absolute Gasteiger partial charge is 0.454 e. The lowest BCUT2D eigenvalue weighted by Gasteiger charge is -2.36. The third-order valence-electron chi connectivity index (χ3n) is 6.08. The second-order valence-corrected chi connectivity index (χ2v) is 8.12. The fourth-order valence-corrected chi connectivity index (χ4v) is 4.24. The highest BCUT2D eigenvalue weighted by Gasteiger charge is 2.19. The number of carbonyl (C=O) groups is 1. The van der Waals surface area contributed by atoms with Crippen LogP contribution in [0.4, 0.5) is 5.69 Å². The minimum absolute atomic E-state index is 0.116. The van der Waals surface area contributed by atoms with Gasteiger partial charge in [-0.2, -0.15) is 0 Å². The Morgan fingerprint density at radius 2 is 1.53 bits per heavy atom. The first-order chi connectivity index (χ1) is 15.8. The quantitative estimate of drug-likeness (QED) is 0.648. The van der Waals surface area contributed by atoms with Crippen molar-refractivity contribution in [1.82, 2.24) is 10.2 Å². The number of fused-ring (bicyclic) bond motifs is 1. The summed E-state index contributed by atoms with van der Waals surface area (Å²) in [6, 6.07) is 24.2. The van der Waals surface area contributed by atoms with Crippen molar-refractivity contribution in [2.45, 2.75) is 13.1 Å². The number of hydrogen-bond donors (Lipinski definition) is 1. The molecule has 1 amide bonds. The molecule has 2 aliphatic rings. The van der Waals surface area contributed by atoms with Gasteiger partial charge in [-0.3, -0.25) is 9.69 Å². The summed E-state index contributed by atoms with van der Waals surface area (Å²) >= 11 is 0. The first-order valence-electron chi connectivity index (χ1n) is 11.0. The van der Waals surface area contributed by atoms with Gasteiger partial charge in [-0.25, -0.2) is 0 Å².